The van der Waals surface area contributed by atoms with E-state index in [9.17, 15) is 4.79 Å². The van der Waals surface area contributed by atoms with E-state index in [0.717, 1.165) is 23.5 Å². The van der Waals surface area contributed by atoms with Crippen LogP contribution in [0.5, 0.6) is 5.75 Å². The lowest BCUT2D eigenvalue weighted by Gasteiger charge is -2.10. The summed E-state index contributed by atoms with van der Waals surface area (Å²) in [5.74, 6) is 0.707. The largest absolute Gasteiger partial charge is 0.493 e. The van der Waals surface area contributed by atoms with Crippen molar-refractivity contribution < 1.29 is 9.53 Å². The highest BCUT2D eigenvalue weighted by Crippen LogP contribution is 2.17. The molecule has 0 aliphatic carbocycles. The minimum atomic E-state index is -0.0871. The van der Waals surface area contributed by atoms with Crippen molar-refractivity contribution in [2.24, 2.45) is 0 Å². The zero-order valence-corrected chi connectivity index (χ0v) is 16.4. The maximum absolute atomic E-state index is 12.1. The van der Waals surface area contributed by atoms with E-state index in [4.69, 9.17) is 4.74 Å². The molecule has 0 fully saturated rings. The molecule has 144 valence electrons. The number of nitrogens with one attached hydrogen (secondary N) is 2. The summed E-state index contributed by atoms with van der Waals surface area (Å²) < 4.78 is 5.77. The Morgan fingerprint density at radius 1 is 0.857 bits per heavy atom. The van der Waals surface area contributed by atoms with Crippen LogP contribution in [0.25, 0.3) is 0 Å². The van der Waals surface area contributed by atoms with E-state index in [1.54, 1.807) is 0 Å². The van der Waals surface area contributed by atoms with Crippen LogP contribution < -0.4 is 15.4 Å². The summed E-state index contributed by atoms with van der Waals surface area (Å²) >= 11 is 0. The van der Waals surface area contributed by atoms with Crippen molar-refractivity contribution in [3.8, 4) is 5.75 Å². The van der Waals surface area contributed by atoms with Crippen LogP contribution in [0.2, 0.25) is 0 Å². The van der Waals surface area contributed by atoms with Gasteiger partial charge in [-0.05, 0) is 66.9 Å². The molecule has 0 heterocycles. The molecule has 0 aromatic heterocycles. The van der Waals surface area contributed by atoms with E-state index < -0.39 is 0 Å². The van der Waals surface area contributed by atoms with E-state index in [0.29, 0.717) is 6.61 Å². The molecule has 0 saturated heterocycles. The summed E-state index contributed by atoms with van der Waals surface area (Å²) in [6.07, 6.45) is 0.865. The van der Waals surface area contributed by atoms with Crippen LogP contribution in [-0.4, -0.2) is 19.1 Å². The molecule has 28 heavy (non-hydrogen) atoms. The number of hydrogen-bond acceptors (Lipinski definition) is 3. The van der Waals surface area contributed by atoms with Crippen molar-refractivity contribution in [1.82, 2.24) is 0 Å². The number of carbonyl (C=O) groups excluding carboxylic acids is 1. The number of benzene rings is 3. The number of ether oxygens (including phenoxy) is 1. The molecule has 0 radical (unpaired) electrons. The predicted molar refractivity (Wildman–Crippen MR) is 115 cm³/mol. The SMILES string of the molecule is Cc1ccc(NCC(=O)Nc2ccc(OCCc3ccccc3)cc2)cc1C. The Kier molecular flexibility index (Phi) is 6.68. The quantitative estimate of drug-likeness (QED) is 0.585. The fraction of sp³-hybridized carbons (Fsp3) is 0.208. The first-order chi connectivity index (χ1) is 13.6. The average molecular weight is 374 g/mol. The minimum Gasteiger partial charge on any atom is -0.493 e. The van der Waals surface area contributed by atoms with Crippen molar-refractivity contribution in [2.75, 3.05) is 23.8 Å². The maximum Gasteiger partial charge on any atom is 0.243 e. The first-order valence-electron chi connectivity index (χ1n) is 9.48. The number of rotatable bonds is 8. The van der Waals surface area contributed by atoms with Gasteiger partial charge in [-0.2, -0.15) is 0 Å². The second-order valence-electron chi connectivity index (χ2n) is 6.81. The second kappa shape index (κ2) is 9.60. The highest BCUT2D eigenvalue weighted by Gasteiger charge is 2.04. The molecule has 3 aromatic carbocycles. The maximum atomic E-state index is 12.1. The van der Waals surface area contributed by atoms with E-state index in [-0.39, 0.29) is 12.5 Å². The van der Waals surface area contributed by atoms with Gasteiger partial charge in [-0.25, -0.2) is 0 Å². The fourth-order valence-corrected chi connectivity index (χ4v) is 2.80. The highest BCUT2D eigenvalue weighted by atomic mass is 16.5. The highest BCUT2D eigenvalue weighted by molar-refractivity contribution is 5.93. The average Bonchev–Trinajstić information content (AvgIpc) is 2.71. The van der Waals surface area contributed by atoms with Crippen LogP contribution in [0.3, 0.4) is 0 Å². The number of anilines is 2. The van der Waals surface area contributed by atoms with Crippen molar-refractivity contribution in [2.45, 2.75) is 20.3 Å². The van der Waals surface area contributed by atoms with Crippen molar-refractivity contribution in [1.29, 1.82) is 0 Å². The molecule has 0 bridgehead atoms. The van der Waals surface area contributed by atoms with Gasteiger partial charge in [0.05, 0.1) is 13.2 Å². The van der Waals surface area contributed by atoms with E-state index in [1.165, 1.54) is 16.7 Å². The minimum absolute atomic E-state index is 0.0871. The molecule has 4 heteroatoms. The lowest BCUT2D eigenvalue weighted by atomic mass is 10.1. The topological polar surface area (TPSA) is 50.4 Å². The van der Waals surface area contributed by atoms with Gasteiger partial charge >= 0.3 is 0 Å². The second-order valence-corrected chi connectivity index (χ2v) is 6.81. The first kappa shape index (κ1) is 19.5. The summed E-state index contributed by atoms with van der Waals surface area (Å²) in [6.45, 7) is 4.97. The first-order valence-corrected chi connectivity index (χ1v) is 9.48. The molecule has 3 aromatic rings. The molecule has 1 amide bonds. The predicted octanol–water partition coefficient (Wildman–Crippen LogP) is 4.98. The standard InChI is InChI=1S/C24H26N2O2/c1-18-8-9-22(16-19(18)2)25-17-24(27)26-21-10-12-23(13-11-21)28-15-14-20-6-4-3-5-7-20/h3-13,16,25H,14-15,17H2,1-2H3,(H,26,27). The van der Waals surface area contributed by atoms with Crippen LogP contribution in [0.1, 0.15) is 16.7 Å². The van der Waals surface area contributed by atoms with Gasteiger partial charge in [-0.3, -0.25) is 4.79 Å². The van der Waals surface area contributed by atoms with Crippen molar-refractivity contribution in [3.05, 3.63) is 89.5 Å². The number of amides is 1. The molecular weight excluding hydrogens is 348 g/mol. The van der Waals surface area contributed by atoms with Gasteiger partial charge in [0.15, 0.2) is 0 Å². The van der Waals surface area contributed by atoms with Crippen LogP contribution in [0.4, 0.5) is 11.4 Å². The van der Waals surface area contributed by atoms with Crippen LogP contribution in [0.15, 0.2) is 72.8 Å². The van der Waals surface area contributed by atoms with Gasteiger partial charge in [0.25, 0.3) is 0 Å². The number of aryl methyl sites for hydroxylation is 2. The molecule has 0 saturated carbocycles. The Morgan fingerprint density at radius 2 is 1.57 bits per heavy atom. The zero-order chi connectivity index (χ0) is 19.8. The molecule has 3 rings (SSSR count). The van der Waals surface area contributed by atoms with Crippen molar-refractivity contribution in [3.63, 3.8) is 0 Å². The molecule has 0 unspecified atom stereocenters. The van der Waals surface area contributed by atoms with Gasteiger partial charge < -0.3 is 15.4 Å². The third kappa shape index (κ3) is 5.88. The smallest absolute Gasteiger partial charge is 0.243 e. The Balaban J connectivity index is 1.42. The molecular formula is C24H26N2O2. The third-order valence-corrected chi connectivity index (χ3v) is 4.60. The van der Waals surface area contributed by atoms with Gasteiger partial charge in [0.1, 0.15) is 5.75 Å². The molecule has 0 atom stereocenters. The Bertz CT molecular complexity index is 906. The molecule has 0 aliphatic rings. The van der Waals surface area contributed by atoms with Crippen LogP contribution in [-0.2, 0) is 11.2 Å². The molecule has 0 aliphatic heterocycles. The Labute approximate surface area is 166 Å². The number of carbonyl (C=O) groups is 1. The normalized spacial score (nSPS) is 10.4. The zero-order valence-electron chi connectivity index (χ0n) is 16.4. The van der Waals surface area contributed by atoms with Gasteiger partial charge in [-0.1, -0.05) is 36.4 Å². The fourth-order valence-electron chi connectivity index (χ4n) is 2.80. The monoisotopic (exact) mass is 374 g/mol. The Morgan fingerprint density at radius 3 is 2.29 bits per heavy atom. The summed E-state index contributed by atoms with van der Waals surface area (Å²) in [4.78, 5) is 12.1. The summed E-state index contributed by atoms with van der Waals surface area (Å²) in [6, 6.07) is 23.8. The molecule has 4 nitrogen and oxygen atoms in total. The van der Waals surface area contributed by atoms with Gasteiger partial charge in [-0.15, -0.1) is 0 Å². The van der Waals surface area contributed by atoms with Gasteiger partial charge in [0.2, 0.25) is 5.91 Å². The van der Waals surface area contributed by atoms with Gasteiger partial charge in [0, 0.05) is 17.8 Å². The van der Waals surface area contributed by atoms with E-state index >= 15 is 0 Å². The lowest BCUT2D eigenvalue weighted by Crippen LogP contribution is -2.21. The third-order valence-electron chi connectivity index (χ3n) is 4.60. The van der Waals surface area contributed by atoms with Crippen LogP contribution >= 0.6 is 0 Å². The Hall–Kier alpha value is -3.27. The summed E-state index contributed by atoms with van der Waals surface area (Å²) in [5.41, 5.74) is 5.39. The summed E-state index contributed by atoms with van der Waals surface area (Å²) in [5, 5.41) is 6.04. The molecule has 0 spiro atoms. The lowest BCUT2D eigenvalue weighted by molar-refractivity contribution is -0.114. The van der Waals surface area contributed by atoms with Crippen LogP contribution in [0, 0.1) is 13.8 Å². The molecule has 2 N–H and O–H groups in total. The van der Waals surface area contributed by atoms with E-state index in [2.05, 4.69) is 36.6 Å². The summed E-state index contributed by atoms with van der Waals surface area (Å²) in [7, 11) is 0. The van der Waals surface area contributed by atoms with Crippen molar-refractivity contribution >= 4 is 17.3 Å². The number of hydrogen-bond donors (Lipinski definition) is 2. The van der Waals surface area contributed by atoms with E-state index in [1.807, 2.05) is 60.7 Å².